The first-order valence-electron chi connectivity index (χ1n) is 3.54. The zero-order chi connectivity index (χ0) is 9.14. The van der Waals surface area contributed by atoms with Gasteiger partial charge in [0, 0.05) is 6.07 Å². The van der Waals surface area contributed by atoms with Crippen LogP contribution in [-0.4, -0.2) is 19.2 Å². The van der Waals surface area contributed by atoms with Gasteiger partial charge in [-0.25, -0.2) is 0 Å². The van der Waals surface area contributed by atoms with Gasteiger partial charge in [0.05, 0.1) is 19.9 Å². The molecule has 0 aromatic carbocycles. The second-order valence-corrected chi connectivity index (χ2v) is 2.40. The van der Waals surface area contributed by atoms with Crippen molar-refractivity contribution in [1.29, 1.82) is 0 Å². The molecule has 0 aliphatic heterocycles. The normalized spacial score (nSPS) is 9.58. The van der Waals surface area contributed by atoms with E-state index in [1.165, 1.54) is 7.11 Å². The van der Waals surface area contributed by atoms with Crippen molar-refractivity contribution >= 4 is 5.69 Å². The summed E-state index contributed by atoms with van der Waals surface area (Å²) in [6, 6.07) is 1.76. The van der Waals surface area contributed by atoms with Crippen molar-refractivity contribution in [3.05, 3.63) is 11.6 Å². The topological polar surface area (TPSA) is 57.4 Å². The Labute approximate surface area is 71.3 Å². The van der Waals surface area contributed by atoms with Crippen molar-refractivity contribution in [3.8, 4) is 11.8 Å². The maximum absolute atomic E-state index is 5.67. The van der Waals surface area contributed by atoms with Crippen LogP contribution in [-0.2, 0) is 0 Å². The molecule has 0 atom stereocenters. The van der Waals surface area contributed by atoms with E-state index >= 15 is 0 Å². The molecule has 66 valence electrons. The first-order valence-corrected chi connectivity index (χ1v) is 3.54. The summed E-state index contributed by atoms with van der Waals surface area (Å²) in [5, 5.41) is 0. The molecule has 0 aliphatic carbocycles. The third-order valence-electron chi connectivity index (χ3n) is 1.61. The summed E-state index contributed by atoms with van der Waals surface area (Å²) in [5.74, 6) is 0.922. The fourth-order valence-electron chi connectivity index (χ4n) is 0.884. The van der Waals surface area contributed by atoms with E-state index in [-0.39, 0.29) is 0 Å². The molecule has 0 fully saturated rings. The van der Waals surface area contributed by atoms with Gasteiger partial charge in [-0.3, -0.25) is 0 Å². The number of nitrogen functional groups attached to an aromatic ring is 1. The highest BCUT2D eigenvalue weighted by molar-refractivity contribution is 5.55. The molecule has 1 aromatic heterocycles. The summed E-state index contributed by atoms with van der Waals surface area (Å²) in [4.78, 5) is 4.00. The zero-order valence-corrected chi connectivity index (χ0v) is 7.42. The zero-order valence-electron chi connectivity index (χ0n) is 7.42. The second-order valence-electron chi connectivity index (χ2n) is 2.40. The molecule has 0 spiro atoms. The largest absolute Gasteiger partial charge is 0.481 e. The number of ether oxygens (including phenoxy) is 2. The molecule has 2 N–H and O–H groups in total. The molecule has 0 aliphatic rings. The van der Waals surface area contributed by atoms with Gasteiger partial charge < -0.3 is 15.2 Å². The highest BCUT2D eigenvalue weighted by atomic mass is 16.5. The Balaban J connectivity index is 3.19. The Morgan fingerprint density at radius 2 is 2.00 bits per heavy atom. The number of aromatic nitrogens is 1. The van der Waals surface area contributed by atoms with Gasteiger partial charge in [0.15, 0.2) is 0 Å². The average molecular weight is 168 g/mol. The highest BCUT2D eigenvalue weighted by Crippen LogP contribution is 2.25. The van der Waals surface area contributed by atoms with Crippen LogP contribution in [0.15, 0.2) is 6.07 Å². The number of hydrogen-bond acceptors (Lipinski definition) is 4. The minimum atomic E-state index is 0.409. The van der Waals surface area contributed by atoms with Gasteiger partial charge in [0.25, 0.3) is 0 Å². The molecule has 1 rings (SSSR count). The number of nitrogens with two attached hydrogens (primary N) is 1. The van der Waals surface area contributed by atoms with Crippen LogP contribution in [0.1, 0.15) is 5.56 Å². The molecule has 0 unspecified atom stereocenters. The molecule has 0 bridgehead atoms. The summed E-state index contributed by atoms with van der Waals surface area (Å²) in [7, 11) is 3.08. The summed E-state index contributed by atoms with van der Waals surface area (Å²) in [6.07, 6.45) is 0. The predicted octanol–water partition coefficient (Wildman–Crippen LogP) is 0.989. The number of pyridine rings is 1. The van der Waals surface area contributed by atoms with Crippen molar-refractivity contribution in [2.24, 2.45) is 0 Å². The SMILES string of the molecule is COc1cc(C)c(N)c(OC)n1. The quantitative estimate of drug-likeness (QED) is 0.715. The van der Waals surface area contributed by atoms with Crippen LogP contribution in [0, 0.1) is 6.92 Å². The molecule has 4 nitrogen and oxygen atoms in total. The standard InChI is InChI=1S/C8H12N2O2/c1-5-4-6(11-2)10-8(12-3)7(5)9/h4H,9H2,1-3H3. The van der Waals surface area contributed by atoms with E-state index in [1.807, 2.05) is 6.92 Å². The molecule has 1 heterocycles. The van der Waals surface area contributed by atoms with Gasteiger partial charge in [-0.05, 0) is 12.5 Å². The third-order valence-corrected chi connectivity index (χ3v) is 1.61. The molecule has 0 saturated carbocycles. The van der Waals surface area contributed by atoms with Crippen LogP contribution in [0.25, 0.3) is 0 Å². The number of hydrogen-bond donors (Lipinski definition) is 1. The van der Waals surface area contributed by atoms with Crippen LogP contribution in [0.4, 0.5) is 5.69 Å². The Hall–Kier alpha value is -1.45. The number of nitrogens with zero attached hydrogens (tertiary/aromatic N) is 1. The number of anilines is 1. The van der Waals surface area contributed by atoms with Crippen LogP contribution in [0.3, 0.4) is 0 Å². The Bertz CT molecular complexity index is 287. The minimum absolute atomic E-state index is 0.409. The summed E-state index contributed by atoms with van der Waals surface area (Å²) in [6.45, 7) is 1.88. The van der Waals surface area contributed by atoms with Crippen LogP contribution in [0.2, 0.25) is 0 Å². The molecule has 1 aromatic rings. The van der Waals surface area contributed by atoms with E-state index < -0.39 is 0 Å². The van der Waals surface area contributed by atoms with E-state index in [9.17, 15) is 0 Å². The monoisotopic (exact) mass is 168 g/mol. The lowest BCUT2D eigenvalue weighted by molar-refractivity contribution is 0.365. The van der Waals surface area contributed by atoms with Crippen molar-refractivity contribution in [2.75, 3.05) is 20.0 Å². The number of methoxy groups -OCH3 is 2. The van der Waals surface area contributed by atoms with Gasteiger partial charge in [-0.15, -0.1) is 0 Å². The highest BCUT2D eigenvalue weighted by Gasteiger charge is 2.06. The van der Waals surface area contributed by atoms with Gasteiger partial charge >= 0.3 is 0 Å². The maximum atomic E-state index is 5.67. The van der Waals surface area contributed by atoms with Crippen LogP contribution in [0.5, 0.6) is 11.8 Å². The van der Waals surface area contributed by atoms with E-state index in [0.29, 0.717) is 17.4 Å². The van der Waals surface area contributed by atoms with Crippen molar-refractivity contribution in [1.82, 2.24) is 4.98 Å². The fourth-order valence-corrected chi connectivity index (χ4v) is 0.884. The van der Waals surface area contributed by atoms with Crippen LogP contribution < -0.4 is 15.2 Å². The summed E-state index contributed by atoms with van der Waals surface area (Å²) >= 11 is 0. The maximum Gasteiger partial charge on any atom is 0.240 e. The molecule has 0 amide bonds. The Kier molecular flexibility index (Phi) is 2.38. The first kappa shape index (κ1) is 8.64. The minimum Gasteiger partial charge on any atom is -0.481 e. The molecule has 0 saturated heterocycles. The predicted molar refractivity (Wildman–Crippen MR) is 46.5 cm³/mol. The van der Waals surface area contributed by atoms with Gasteiger partial charge in [-0.2, -0.15) is 4.98 Å². The van der Waals surface area contributed by atoms with Gasteiger partial charge in [-0.1, -0.05) is 0 Å². The van der Waals surface area contributed by atoms with E-state index in [0.717, 1.165) is 5.56 Å². The molecule has 12 heavy (non-hydrogen) atoms. The van der Waals surface area contributed by atoms with Gasteiger partial charge in [0.2, 0.25) is 11.8 Å². The van der Waals surface area contributed by atoms with E-state index in [1.54, 1.807) is 13.2 Å². The molecular formula is C8H12N2O2. The summed E-state index contributed by atoms with van der Waals surface area (Å²) in [5.41, 5.74) is 7.13. The van der Waals surface area contributed by atoms with Gasteiger partial charge in [0.1, 0.15) is 0 Å². The van der Waals surface area contributed by atoms with E-state index in [2.05, 4.69) is 4.98 Å². The second kappa shape index (κ2) is 3.30. The summed E-state index contributed by atoms with van der Waals surface area (Å²) < 4.78 is 9.90. The lowest BCUT2D eigenvalue weighted by Crippen LogP contribution is -1.99. The molecular weight excluding hydrogens is 156 g/mol. The average Bonchev–Trinajstić information content (AvgIpc) is 2.09. The van der Waals surface area contributed by atoms with E-state index in [4.69, 9.17) is 15.2 Å². The fraction of sp³-hybridized carbons (Fsp3) is 0.375. The Morgan fingerprint density at radius 3 is 2.50 bits per heavy atom. The number of rotatable bonds is 2. The first-order chi connectivity index (χ1) is 5.69. The van der Waals surface area contributed by atoms with Crippen molar-refractivity contribution < 1.29 is 9.47 Å². The number of aryl methyl sites for hydroxylation is 1. The lowest BCUT2D eigenvalue weighted by Gasteiger charge is -2.07. The smallest absolute Gasteiger partial charge is 0.240 e. The van der Waals surface area contributed by atoms with Crippen molar-refractivity contribution in [2.45, 2.75) is 6.92 Å². The van der Waals surface area contributed by atoms with Crippen LogP contribution >= 0.6 is 0 Å². The lowest BCUT2D eigenvalue weighted by atomic mass is 10.2. The van der Waals surface area contributed by atoms with Crippen molar-refractivity contribution in [3.63, 3.8) is 0 Å². The Morgan fingerprint density at radius 1 is 1.33 bits per heavy atom. The third kappa shape index (κ3) is 1.42. The molecule has 0 radical (unpaired) electrons. The molecule has 4 heteroatoms.